The van der Waals surface area contributed by atoms with E-state index in [9.17, 15) is 4.79 Å². The summed E-state index contributed by atoms with van der Waals surface area (Å²) in [4.78, 5) is 17.4. The number of hydrogen-bond acceptors (Lipinski definition) is 3. The number of rotatable bonds is 6. The summed E-state index contributed by atoms with van der Waals surface area (Å²) in [5.41, 5.74) is 4.78. The van der Waals surface area contributed by atoms with Gasteiger partial charge < -0.3 is 15.2 Å². The zero-order valence-electron chi connectivity index (χ0n) is 18.7. The van der Waals surface area contributed by atoms with Crippen molar-refractivity contribution in [3.63, 3.8) is 0 Å². The molecular formula is C27H29N5O. The Bertz CT molecular complexity index is 1150. The van der Waals surface area contributed by atoms with E-state index in [4.69, 9.17) is 5.26 Å². The Balaban J connectivity index is 1.37. The van der Waals surface area contributed by atoms with Crippen LogP contribution in [0.2, 0.25) is 0 Å². The van der Waals surface area contributed by atoms with Crippen LogP contribution >= 0.6 is 0 Å². The molecule has 2 N–H and O–H groups in total. The monoisotopic (exact) mass is 439 g/mol. The highest BCUT2D eigenvalue weighted by molar-refractivity contribution is 5.89. The predicted molar refractivity (Wildman–Crippen MR) is 129 cm³/mol. The van der Waals surface area contributed by atoms with E-state index in [2.05, 4.69) is 50.5 Å². The molecule has 0 saturated heterocycles. The number of aromatic nitrogens is 2. The van der Waals surface area contributed by atoms with Gasteiger partial charge in [-0.3, -0.25) is 0 Å². The number of imidazole rings is 1. The lowest BCUT2D eigenvalue weighted by molar-refractivity contribution is 0.239. The highest BCUT2D eigenvalue weighted by atomic mass is 16.2. The summed E-state index contributed by atoms with van der Waals surface area (Å²) < 4.78 is 2.21. The number of anilines is 1. The standard InChI is InChI=1S/C27H29N5O/c28-16-20-10-13-21(14-11-20)30-27(33)31-24(15-12-19-6-2-1-3-7-19)26-23-9-5-4-8-22(23)25-17-29-18-32(25)26/h4-5,8-11,13-14,17-19,24,26H,1-3,6-7,12,15H2,(H2,30,31,33). The molecule has 2 atom stereocenters. The Morgan fingerprint density at radius 1 is 1.12 bits per heavy atom. The van der Waals surface area contributed by atoms with Crippen LogP contribution in [0, 0.1) is 17.2 Å². The summed E-state index contributed by atoms with van der Waals surface area (Å²) in [5, 5.41) is 15.2. The molecule has 0 radical (unpaired) electrons. The number of nitrogens with one attached hydrogen (secondary N) is 2. The summed E-state index contributed by atoms with van der Waals surface area (Å²) >= 11 is 0. The molecule has 168 valence electrons. The van der Waals surface area contributed by atoms with E-state index in [0.717, 1.165) is 24.5 Å². The normalized spacial score (nSPS) is 18.1. The number of carbonyl (C=O) groups is 1. The van der Waals surface area contributed by atoms with Crippen molar-refractivity contribution in [2.24, 2.45) is 5.92 Å². The summed E-state index contributed by atoms with van der Waals surface area (Å²) in [6.45, 7) is 0. The van der Waals surface area contributed by atoms with Gasteiger partial charge >= 0.3 is 6.03 Å². The SMILES string of the molecule is N#Cc1ccc(NC(=O)NC(CCC2CCCCC2)C2c3ccccc3-c3cncn32)cc1. The molecule has 2 aromatic carbocycles. The van der Waals surface area contributed by atoms with Gasteiger partial charge in [0, 0.05) is 11.3 Å². The molecule has 1 aliphatic heterocycles. The molecule has 2 heterocycles. The molecule has 33 heavy (non-hydrogen) atoms. The fourth-order valence-electron chi connectivity index (χ4n) is 5.45. The number of urea groups is 1. The number of nitrogens with zero attached hydrogens (tertiary/aromatic N) is 3. The van der Waals surface area contributed by atoms with Crippen LogP contribution < -0.4 is 10.6 Å². The molecule has 2 aliphatic rings. The fourth-order valence-corrected chi connectivity index (χ4v) is 5.45. The predicted octanol–water partition coefficient (Wildman–Crippen LogP) is 5.88. The molecule has 1 aliphatic carbocycles. The first-order valence-electron chi connectivity index (χ1n) is 11.9. The second kappa shape index (κ2) is 9.50. The van der Waals surface area contributed by atoms with Crippen molar-refractivity contribution in [3.05, 3.63) is 72.2 Å². The molecule has 0 spiro atoms. The van der Waals surface area contributed by atoms with Gasteiger partial charge in [-0.1, -0.05) is 56.4 Å². The van der Waals surface area contributed by atoms with Gasteiger partial charge in [0.25, 0.3) is 0 Å². The van der Waals surface area contributed by atoms with Gasteiger partial charge in [-0.2, -0.15) is 5.26 Å². The van der Waals surface area contributed by atoms with E-state index >= 15 is 0 Å². The van der Waals surface area contributed by atoms with Gasteiger partial charge in [0.1, 0.15) is 0 Å². The quantitative estimate of drug-likeness (QED) is 0.503. The van der Waals surface area contributed by atoms with Crippen LogP contribution in [0.15, 0.2) is 61.1 Å². The number of benzene rings is 2. The number of carbonyl (C=O) groups excluding carboxylic acids is 1. The minimum absolute atomic E-state index is 0.0222. The molecule has 5 rings (SSSR count). The number of hydrogen-bond donors (Lipinski definition) is 2. The second-order valence-electron chi connectivity index (χ2n) is 9.19. The zero-order valence-corrected chi connectivity index (χ0v) is 18.7. The minimum Gasteiger partial charge on any atom is -0.333 e. The van der Waals surface area contributed by atoms with Gasteiger partial charge in [0.15, 0.2) is 0 Å². The molecule has 1 fully saturated rings. The Morgan fingerprint density at radius 2 is 1.91 bits per heavy atom. The number of amides is 2. The maximum absolute atomic E-state index is 13.0. The van der Waals surface area contributed by atoms with Crippen LogP contribution in [0.4, 0.5) is 10.5 Å². The topological polar surface area (TPSA) is 82.7 Å². The third-order valence-electron chi connectivity index (χ3n) is 7.10. The van der Waals surface area contributed by atoms with Crippen LogP contribution in [0.1, 0.15) is 62.1 Å². The molecule has 2 unspecified atom stereocenters. The first-order valence-corrected chi connectivity index (χ1v) is 11.9. The van der Waals surface area contributed by atoms with Gasteiger partial charge in [-0.05, 0) is 48.6 Å². The van der Waals surface area contributed by atoms with Crippen molar-refractivity contribution < 1.29 is 4.79 Å². The lowest BCUT2D eigenvalue weighted by atomic mass is 9.84. The van der Waals surface area contributed by atoms with Gasteiger partial charge in [0.2, 0.25) is 0 Å². The third kappa shape index (κ3) is 4.49. The average Bonchev–Trinajstić information content (AvgIpc) is 3.44. The van der Waals surface area contributed by atoms with Gasteiger partial charge in [-0.25, -0.2) is 9.78 Å². The molecule has 1 saturated carbocycles. The average molecular weight is 440 g/mol. The summed E-state index contributed by atoms with van der Waals surface area (Å²) in [6.07, 6.45) is 12.4. The third-order valence-corrected chi connectivity index (χ3v) is 7.10. The van der Waals surface area contributed by atoms with E-state index in [0.29, 0.717) is 11.3 Å². The van der Waals surface area contributed by atoms with E-state index in [1.54, 1.807) is 24.3 Å². The molecule has 3 aromatic rings. The highest BCUT2D eigenvalue weighted by Gasteiger charge is 2.35. The van der Waals surface area contributed by atoms with Crippen molar-refractivity contribution in [3.8, 4) is 17.3 Å². The molecule has 1 aromatic heterocycles. The summed E-state index contributed by atoms with van der Waals surface area (Å²) in [7, 11) is 0. The molecule has 0 bridgehead atoms. The van der Waals surface area contributed by atoms with Crippen molar-refractivity contribution in [2.45, 2.75) is 57.0 Å². The fraction of sp³-hybridized carbons (Fsp3) is 0.370. The van der Waals surface area contributed by atoms with Crippen LogP contribution in [0.5, 0.6) is 0 Å². The maximum atomic E-state index is 13.0. The number of fused-ring (bicyclic) bond motifs is 3. The molecule has 6 heteroatoms. The molecule has 6 nitrogen and oxygen atoms in total. The lowest BCUT2D eigenvalue weighted by Gasteiger charge is -2.30. The Kier molecular flexibility index (Phi) is 6.12. The van der Waals surface area contributed by atoms with Gasteiger partial charge in [-0.15, -0.1) is 0 Å². The van der Waals surface area contributed by atoms with Crippen LogP contribution in [0.3, 0.4) is 0 Å². The summed E-state index contributed by atoms with van der Waals surface area (Å²) in [6, 6.07) is 17.2. The minimum atomic E-state index is -0.223. The smallest absolute Gasteiger partial charge is 0.319 e. The van der Waals surface area contributed by atoms with Crippen LogP contribution in [-0.4, -0.2) is 21.6 Å². The Labute approximate surface area is 194 Å². The lowest BCUT2D eigenvalue weighted by Crippen LogP contribution is -2.43. The van der Waals surface area contributed by atoms with Crippen molar-refractivity contribution in [1.82, 2.24) is 14.9 Å². The molecule has 2 amide bonds. The first-order chi connectivity index (χ1) is 16.2. The Morgan fingerprint density at radius 3 is 2.70 bits per heavy atom. The summed E-state index contributed by atoms with van der Waals surface area (Å²) in [5.74, 6) is 0.739. The number of nitriles is 1. The van der Waals surface area contributed by atoms with Crippen LogP contribution in [-0.2, 0) is 0 Å². The van der Waals surface area contributed by atoms with Crippen LogP contribution in [0.25, 0.3) is 11.3 Å². The Hall–Kier alpha value is -3.59. The maximum Gasteiger partial charge on any atom is 0.319 e. The highest BCUT2D eigenvalue weighted by Crippen LogP contribution is 2.42. The zero-order chi connectivity index (χ0) is 22.6. The van der Waals surface area contributed by atoms with E-state index < -0.39 is 0 Å². The second-order valence-corrected chi connectivity index (χ2v) is 9.19. The largest absolute Gasteiger partial charge is 0.333 e. The van der Waals surface area contributed by atoms with Crippen molar-refractivity contribution in [2.75, 3.05) is 5.32 Å². The van der Waals surface area contributed by atoms with E-state index in [-0.39, 0.29) is 18.1 Å². The van der Waals surface area contributed by atoms with E-state index in [1.807, 2.05) is 12.5 Å². The van der Waals surface area contributed by atoms with Crippen molar-refractivity contribution >= 4 is 11.7 Å². The first kappa shape index (κ1) is 21.3. The van der Waals surface area contributed by atoms with Gasteiger partial charge in [0.05, 0.1) is 41.9 Å². The molecular weight excluding hydrogens is 410 g/mol. The van der Waals surface area contributed by atoms with E-state index in [1.165, 1.54) is 43.2 Å². The van der Waals surface area contributed by atoms with Crippen molar-refractivity contribution in [1.29, 1.82) is 5.26 Å².